The van der Waals surface area contributed by atoms with Gasteiger partial charge in [0.25, 0.3) is 0 Å². The van der Waals surface area contributed by atoms with Gasteiger partial charge in [-0.3, -0.25) is 0 Å². The summed E-state index contributed by atoms with van der Waals surface area (Å²) < 4.78 is 10.9. The van der Waals surface area contributed by atoms with E-state index >= 15 is 0 Å². The van der Waals surface area contributed by atoms with Gasteiger partial charge in [-0.05, 0) is 49.4 Å². The fraction of sp³-hybridized carbons (Fsp3) is 0.619. The molecule has 0 amide bonds. The molecule has 0 aromatic heterocycles. The minimum Gasteiger partial charge on any atom is -0.462 e. The maximum atomic E-state index is 12.3. The van der Waals surface area contributed by atoms with Crippen LogP contribution in [-0.4, -0.2) is 24.6 Å². The van der Waals surface area contributed by atoms with Crippen LogP contribution in [0.1, 0.15) is 86.9 Å². The third-order valence-electron chi connectivity index (χ3n) is 4.38. The van der Waals surface area contributed by atoms with E-state index in [0.29, 0.717) is 23.7 Å². The number of esters is 2. The summed E-state index contributed by atoms with van der Waals surface area (Å²) >= 11 is 0. The van der Waals surface area contributed by atoms with Crippen LogP contribution < -0.4 is 0 Å². The van der Waals surface area contributed by atoms with Gasteiger partial charge >= 0.3 is 11.9 Å². The van der Waals surface area contributed by atoms with Gasteiger partial charge in [-0.1, -0.05) is 47.0 Å². The molecule has 0 saturated heterocycles. The van der Waals surface area contributed by atoms with Crippen LogP contribution in [-0.2, 0) is 9.47 Å². The monoisotopic (exact) mass is 348 g/mol. The van der Waals surface area contributed by atoms with Crippen LogP contribution in [0.5, 0.6) is 0 Å². The Labute approximate surface area is 151 Å². The Balaban J connectivity index is 2.59. The Kier molecular flexibility index (Phi) is 9.90. The lowest BCUT2D eigenvalue weighted by Crippen LogP contribution is -2.24. The third-order valence-corrected chi connectivity index (χ3v) is 4.38. The van der Waals surface area contributed by atoms with E-state index in [9.17, 15) is 9.59 Å². The minimum atomic E-state index is -0.348. The average molecular weight is 348 g/mol. The number of rotatable bonds is 11. The Morgan fingerprint density at radius 1 is 0.920 bits per heavy atom. The molecule has 2 atom stereocenters. The zero-order valence-corrected chi connectivity index (χ0v) is 16.0. The van der Waals surface area contributed by atoms with Crippen molar-refractivity contribution in [2.45, 2.75) is 72.3 Å². The summed E-state index contributed by atoms with van der Waals surface area (Å²) in [5.41, 5.74) is 0.920. The Hall–Kier alpha value is -1.84. The quantitative estimate of drug-likeness (QED) is 0.396. The summed E-state index contributed by atoms with van der Waals surface area (Å²) in [5.74, 6) is -0.340. The molecule has 0 aliphatic carbocycles. The molecular weight excluding hydrogens is 316 g/mol. The molecule has 1 rings (SSSR count). The molecule has 0 bridgehead atoms. The highest BCUT2D eigenvalue weighted by Crippen LogP contribution is 2.19. The van der Waals surface area contributed by atoms with E-state index in [1.165, 1.54) is 0 Å². The summed E-state index contributed by atoms with van der Waals surface area (Å²) in [4.78, 5) is 24.2. The molecule has 0 radical (unpaired) electrons. The molecule has 2 unspecified atom stereocenters. The van der Waals surface area contributed by atoms with Crippen molar-refractivity contribution in [1.82, 2.24) is 0 Å². The van der Waals surface area contributed by atoms with Crippen molar-refractivity contribution in [2.24, 2.45) is 5.92 Å². The molecule has 0 N–H and O–H groups in total. The normalized spacial score (nSPS) is 13.1. The molecule has 1 aromatic rings. The maximum absolute atomic E-state index is 12.3. The van der Waals surface area contributed by atoms with Crippen molar-refractivity contribution >= 4 is 11.9 Å². The Morgan fingerprint density at radius 2 is 1.52 bits per heavy atom. The molecular formula is C21H32O4. The van der Waals surface area contributed by atoms with Gasteiger partial charge in [0, 0.05) is 0 Å². The molecule has 0 heterocycles. The molecule has 0 aliphatic heterocycles. The van der Waals surface area contributed by atoms with Gasteiger partial charge in [-0.2, -0.15) is 0 Å². The number of hydrogen-bond acceptors (Lipinski definition) is 4. The second-order valence-corrected chi connectivity index (χ2v) is 6.54. The zero-order valence-electron chi connectivity index (χ0n) is 16.0. The smallest absolute Gasteiger partial charge is 0.338 e. The fourth-order valence-electron chi connectivity index (χ4n) is 2.79. The molecule has 0 aliphatic rings. The highest BCUT2D eigenvalue weighted by Gasteiger charge is 2.20. The van der Waals surface area contributed by atoms with Crippen LogP contribution >= 0.6 is 0 Å². The number of ether oxygens (including phenoxy) is 2. The SMILES string of the molecule is CCCCCOC(=O)c1ccc(C(=O)OC(CC)C(C)CCC)cc1. The van der Waals surface area contributed by atoms with Crippen LogP contribution in [0.25, 0.3) is 0 Å². The Morgan fingerprint density at radius 3 is 2.04 bits per heavy atom. The zero-order chi connectivity index (χ0) is 18.7. The topological polar surface area (TPSA) is 52.6 Å². The van der Waals surface area contributed by atoms with Crippen LogP contribution in [0.15, 0.2) is 24.3 Å². The molecule has 25 heavy (non-hydrogen) atoms. The van der Waals surface area contributed by atoms with Gasteiger partial charge < -0.3 is 9.47 Å². The van der Waals surface area contributed by atoms with E-state index in [4.69, 9.17) is 9.47 Å². The van der Waals surface area contributed by atoms with E-state index in [0.717, 1.165) is 38.5 Å². The van der Waals surface area contributed by atoms with Crippen molar-refractivity contribution in [3.63, 3.8) is 0 Å². The van der Waals surface area contributed by atoms with Crippen molar-refractivity contribution in [1.29, 1.82) is 0 Å². The molecule has 0 saturated carbocycles. The molecule has 1 aromatic carbocycles. The molecule has 0 spiro atoms. The number of carbonyl (C=O) groups is 2. The van der Waals surface area contributed by atoms with Crippen molar-refractivity contribution in [3.8, 4) is 0 Å². The molecule has 140 valence electrons. The minimum absolute atomic E-state index is 0.0735. The fourth-order valence-corrected chi connectivity index (χ4v) is 2.79. The summed E-state index contributed by atoms with van der Waals surface area (Å²) in [6.07, 6.45) is 5.85. The summed E-state index contributed by atoms with van der Waals surface area (Å²) in [7, 11) is 0. The lowest BCUT2D eigenvalue weighted by atomic mass is 9.97. The highest BCUT2D eigenvalue weighted by molar-refractivity contribution is 5.93. The molecule has 4 heteroatoms. The number of unbranched alkanes of at least 4 members (excludes halogenated alkanes) is 2. The lowest BCUT2D eigenvalue weighted by molar-refractivity contribution is 0.0137. The van der Waals surface area contributed by atoms with Crippen LogP contribution in [0.3, 0.4) is 0 Å². The first-order valence-corrected chi connectivity index (χ1v) is 9.51. The lowest BCUT2D eigenvalue weighted by Gasteiger charge is -2.22. The van der Waals surface area contributed by atoms with Crippen molar-refractivity contribution in [3.05, 3.63) is 35.4 Å². The van der Waals surface area contributed by atoms with Crippen molar-refractivity contribution < 1.29 is 19.1 Å². The Bertz CT molecular complexity index is 521. The van der Waals surface area contributed by atoms with Crippen LogP contribution in [0, 0.1) is 5.92 Å². The molecule has 4 nitrogen and oxygen atoms in total. The van der Waals surface area contributed by atoms with Gasteiger partial charge in [0.2, 0.25) is 0 Å². The molecule has 0 fully saturated rings. The summed E-state index contributed by atoms with van der Waals surface area (Å²) in [5, 5.41) is 0. The average Bonchev–Trinajstić information content (AvgIpc) is 2.63. The van der Waals surface area contributed by atoms with Crippen LogP contribution in [0.4, 0.5) is 0 Å². The first-order chi connectivity index (χ1) is 12.0. The second kappa shape index (κ2) is 11.7. The van der Waals surface area contributed by atoms with E-state index in [1.54, 1.807) is 24.3 Å². The number of benzene rings is 1. The van der Waals surface area contributed by atoms with Gasteiger partial charge in [-0.15, -0.1) is 0 Å². The van der Waals surface area contributed by atoms with E-state index in [2.05, 4.69) is 20.8 Å². The van der Waals surface area contributed by atoms with Gasteiger partial charge in [-0.25, -0.2) is 9.59 Å². The van der Waals surface area contributed by atoms with Gasteiger partial charge in [0.05, 0.1) is 17.7 Å². The van der Waals surface area contributed by atoms with Gasteiger partial charge in [0.1, 0.15) is 6.10 Å². The van der Waals surface area contributed by atoms with Crippen LogP contribution in [0.2, 0.25) is 0 Å². The van der Waals surface area contributed by atoms with E-state index in [-0.39, 0.29) is 18.0 Å². The predicted molar refractivity (Wildman–Crippen MR) is 99.8 cm³/mol. The standard InChI is InChI=1S/C21H32O4/c1-5-8-9-15-24-20(22)17-11-13-18(14-12-17)21(23)25-19(7-3)16(4)10-6-2/h11-14,16,19H,5-10,15H2,1-4H3. The van der Waals surface area contributed by atoms with Crippen molar-refractivity contribution in [2.75, 3.05) is 6.61 Å². The first kappa shape index (κ1) is 21.2. The first-order valence-electron chi connectivity index (χ1n) is 9.51. The van der Waals surface area contributed by atoms with Gasteiger partial charge in [0.15, 0.2) is 0 Å². The van der Waals surface area contributed by atoms with E-state index in [1.807, 2.05) is 6.92 Å². The largest absolute Gasteiger partial charge is 0.462 e. The number of hydrogen-bond donors (Lipinski definition) is 0. The third kappa shape index (κ3) is 7.29. The maximum Gasteiger partial charge on any atom is 0.338 e. The highest BCUT2D eigenvalue weighted by atomic mass is 16.5. The number of carbonyl (C=O) groups excluding carboxylic acids is 2. The predicted octanol–water partition coefficient (Wildman–Crippen LogP) is 5.41. The second-order valence-electron chi connectivity index (χ2n) is 6.54. The summed E-state index contributed by atoms with van der Waals surface area (Å²) in [6.45, 7) is 8.81. The van der Waals surface area contributed by atoms with E-state index < -0.39 is 0 Å². The summed E-state index contributed by atoms with van der Waals surface area (Å²) in [6, 6.07) is 6.49.